The Hall–Kier alpha value is -3.20. The maximum atomic E-state index is 14.4. The van der Waals surface area contributed by atoms with E-state index in [1.807, 2.05) is 0 Å². The number of ether oxygens (including phenoxy) is 1. The number of benzene rings is 2. The van der Waals surface area contributed by atoms with E-state index in [-0.39, 0.29) is 28.6 Å². The van der Waals surface area contributed by atoms with Gasteiger partial charge in [-0.15, -0.1) is 0 Å². The van der Waals surface area contributed by atoms with Crippen LogP contribution in [0.5, 0.6) is 5.75 Å². The Morgan fingerprint density at radius 1 is 1.38 bits per heavy atom. The summed E-state index contributed by atoms with van der Waals surface area (Å²) in [6.07, 6.45) is 2.10. The van der Waals surface area contributed by atoms with Gasteiger partial charge in [0.2, 0.25) is 0 Å². The van der Waals surface area contributed by atoms with Crippen molar-refractivity contribution < 1.29 is 17.7 Å². The van der Waals surface area contributed by atoms with Crippen LogP contribution in [0.15, 0.2) is 71.9 Å². The molecule has 0 spiro atoms. The minimum absolute atomic E-state index is 0.0867. The van der Waals surface area contributed by atoms with Crippen LogP contribution >= 0.6 is 0 Å². The molecule has 0 fully saturated rings. The van der Waals surface area contributed by atoms with Crippen LogP contribution in [0.1, 0.15) is 11.1 Å². The van der Waals surface area contributed by atoms with Gasteiger partial charge in [-0.05, 0) is 29.8 Å². The summed E-state index contributed by atoms with van der Waals surface area (Å²) in [6.45, 7) is 3.77. The zero-order chi connectivity index (χ0) is 21.6. The van der Waals surface area contributed by atoms with Crippen molar-refractivity contribution in [3.8, 4) is 5.75 Å². The molecule has 0 saturated heterocycles. The van der Waals surface area contributed by atoms with Crippen LogP contribution in [0.4, 0.5) is 14.5 Å². The van der Waals surface area contributed by atoms with Crippen molar-refractivity contribution >= 4 is 21.1 Å². The molecule has 1 atom stereocenters. The first-order chi connectivity index (χ1) is 13.6. The second-order valence-electron chi connectivity index (χ2n) is 6.24. The van der Waals surface area contributed by atoms with Gasteiger partial charge in [0, 0.05) is 39.5 Å². The lowest BCUT2D eigenvalue weighted by Gasteiger charge is -2.12. The van der Waals surface area contributed by atoms with E-state index < -0.39 is 21.4 Å². The van der Waals surface area contributed by atoms with Gasteiger partial charge in [0.05, 0.1) is 12.9 Å². The van der Waals surface area contributed by atoms with Gasteiger partial charge in [0.1, 0.15) is 23.1 Å². The molecule has 0 amide bonds. The molecule has 0 heterocycles. The minimum Gasteiger partial charge on any atom is -0.496 e. The quantitative estimate of drug-likeness (QED) is 0.559. The molecule has 4 N–H and O–H groups in total. The van der Waals surface area contributed by atoms with Crippen molar-refractivity contribution in [2.24, 2.45) is 10.7 Å². The standard InChI is InChI=1S/C20H22F2N4O2S/c1-13(25-16-6-4-5-14(9-16)12-29(3,24)27)26-20(18(22)11-23)17-8-7-15(21)10-19(17)28-2/h4-11,24-25H,1,12,23H2,2-3H3/b18-11+,26-20-. The lowest BCUT2D eigenvalue weighted by Crippen LogP contribution is -2.09. The van der Waals surface area contributed by atoms with Crippen LogP contribution in [0, 0.1) is 10.6 Å². The Bertz CT molecular complexity index is 1080. The average Bonchev–Trinajstić information content (AvgIpc) is 2.64. The maximum absolute atomic E-state index is 14.4. The number of nitrogens with one attached hydrogen (secondary N) is 2. The van der Waals surface area contributed by atoms with Crippen molar-refractivity contribution in [2.75, 3.05) is 18.7 Å². The van der Waals surface area contributed by atoms with E-state index in [9.17, 15) is 13.0 Å². The Balaban J connectivity index is 2.36. The number of rotatable bonds is 8. The number of halogens is 2. The average molecular weight is 420 g/mol. The molecule has 29 heavy (non-hydrogen) atoms. The molecule has 0 bridgehead atoms. The van der Waals surface area contributed by atoms with Gasteiger partial charge < -0.3 is 15.8 Å². The Morgan fingerprint density at radius 3 is 2.72 bits per heavy atom. The van der Waals surface area contributed by atoms with Gasteiger partial charge in [-0.25, -0.2) is 18.0 Å². The highest BCUT2D eigenvalue weighted by molar-refractivity contribution is 7.90. The largest absolute Gasteiger partial charge is 0.496 e. The molecular weight excluding hydrogens is 398 g/mol. The summed E-state index contributed by atoms with van der Waals surface area (Å²) in [6, 6.07) is 10.5. The molecule has 0 saturated carbocycles. The molecular formula is C20H22F2N4O2S. The van der Waals surface area contributed by atoms with Crippen LogP contribution in [-0.2, 0) is 15.5 Å². The lowest BCUT2D eigenvalue weighted by molar-refractivity contribution is 0.410. The lowest BCUT2D eigenvalue weighted by atomic mass is 10.1. The van der Waals surface area contributed by atoms with Crippen molar-refractivity contribution in [3.63, 3.8) is 0 Å². The van der Waals surface area contributed by atoms with Gasteiger partial charge in [-0.3, -0.25) is 4.78 Å². The van der Waals surface area contributed by atoms with E-state index in [0.717, 1.165) is 18.3 Å². The highest BCUT2D eigenvalue weighted by atomic mass is 32.2. The molecule has 0 aliphatic heterocycles. The summed E-state index contributed by atoms with van der Waals surface area (Å²) in [5.41, 5.74) is 6.60. The fraction of sp³-hybridized carbons (Fsp3) is 0.150. The highest BCUT2D eigenvalue weighted by Gasteiger charge is 2.16. The van der Waals surface area contributed by atoms with Gasteiger partial charge in [0.15, 0.2) is 5.83 Å². The van der Waals surface area contributed by atoms with E-state index in [2.05, 4.69) is 16.9 Å². The third kappa shape index (κ3) is 6.42. The summed E-state index contributed by atoms with van der Waals surface area (Å²) >= 11 is 0. The number of methoxy groups -OCH3 is 1. The summed E-state index contributed by atoms with van der Waals surface area (Å²) in [5.74, 6) is -1.11. The summed E-state index contributed by atoms with van der Waals surface area (Å²) in [5, 5.41) is 2.91. The zero-order valence-corrected chi connectivity index (χ0v) is 16.9. The number of anilines is 1. The van der Waals surface area contributed by atoms with E-state index in [1.165, 1.54) is 19.4 Å². The fourth-order valence-corrected chi connectivity index (χ4v) is 3.38. The van der Waals surface area contributed by atoms with E-state index >= 15 is 0 Å². The molecule has 0 aromatic heterocycles. The van der Waals surface area contributed by atoms with Gasteiger partial charge in [-0.2, -0.15) is 0 Å². The predicted molar refractivity (Wildman–Crippen MR) is 113 cm³/mol. The monoisotopic (exact) mass is 420 g/mol. The van der Waals surface area contributed by atoms with Crippen molar-refractivity contribution in [3.05, 3.63) is 83.8 Å². The number of hydrogen-bond acceptors (Lipinski definition) is 6. The first-order valence-corrected chi connectivity index (χ1v) is 10.5. The van der Waals surface area contributed by atoms with Crippen LogP contribution in [0.3, 0.4) is 0 Å². The molecule has 2 rings (SSSR count). The second-order valence-corrected chi connectivity index (χ2v) is 8.54. The van der Waals surface area contributed by atoms with Crippen LogP contribution < -0.4 is 15.8 Å². The van der Waals surface area contributed by atoms with Gasteiger partial charge >= 0.3 is 0 Å². The van der Waals surface area contributed by atoms with Crippen LogP contribution in [0.2, 0.25) is 0 Å². The van der Waals surface area contributed by atoms with Crippen molar-refractivity contribution in [2.45, 2.75) is 5.75 Å². The first-order valence-electron chi connectivity index (χ1n) is 8.39. The third-order valence-electron chi connectivity index (χ3n) is 3.70. The Kier molecular flexibility index (Phi) is 7.11. The topological polar surface area (TPSA) is 101 Å². The van der Waals surface area contributed by atoms with Gasteiger partial charge in [-0.1, -0.05) is 18.7 Å². The molecule has 6 nitrogen and oxygen atoms in total. The minimum atomic E-state index is -2.70. The number of allylic oxidation sites excluding steroid dienone is 1. The Labute approximate surface area is 168 Å². The molecule has 2 aromatic rings. The van der Waals surface area contributed by atoms with Crippen molar-refractivity contribution in [1.82, 2.24) is 0 Å². The fourth-order valence-electron chi connectivity index (χ4n) is 2.57. The smallest absolute Gasteiger partial charge is 0.165 e. The van der Waals surface area contributed by atoms with Gasteiger partial charge in [0.25, 0.3) is 0 Å². The molecule has 2 aromatic carbocycles. The van der Waals surface area contributed by atoms with Crippen LogP contribution in [-0.4, -0.2) is 23.3 Å². The van der Waals surface area contributed by atoms with E-state index in [1.54, 1.807) is 24.3 Å². The molecule has 0 aliphatic rings. The molecule has 9 heteroatoms. The normalized spacial score (nSPS) is 14.2. The molecule has 0 aliphatic carbocycles. The number of hydrogen-bond donors (Lipinski definition) is 3. The summed E-state index contributed by atoms with van der Waals surface area (Å²) in [4.78, 5) is 4.15. The molecule has 0 radical (unpaired) electrons. The number of nitrogens with zero attached hydrogens (tertiary/aromatic N) is 1. The molecule has 1 unspecified atom stereocenters. The SMILES string of the molecule is C=C(/N=C(\C(F)=C/N)c1ccc(F)cc1OC)Nc1cccc(CS(C)(=N)=O)c1. The van der Waals surface area contributed by atoms with Crippen molar-refractivity contribution in [1.29, 1.82) is 4.78 Å². The predicted octanol–water partition coefficient (Wildman–Crippen LogP) is 4.15. The van der Waals surface area contributed by atoms with Crippen LogP contribution in [0.25, 0.3) is 0 Å². The zero-order valence-electron chi connectivity index (χ0n) is 16.0. The summed E-state index contributed by atoms with van der Waals surface area (Å²) in [7, 11) is -1.37. The second kappa shape index (κ2) is 9.33. The van der Waals surface area contributed by atoms with E-state index in [0.29, 0.717) is 11.3 Å². The highest BCUT2D eigenvalue weighted by Crippen LogP contribution is 2.25. The first kappa shape index (κ1) is 22.1. The molecule has 154 valence electrons. The summed E-state index contributed by atoms with van der Waals surface area (Å²) < 4.78 is 52.2. The van der Waals surface area contributed by atoms with E-state index in [4.69, 9.17) is 15.3 Å². The Morgan fingerprint density at radius 2 is 2.10 bits per heavy atom. The number of aliphatic imine (C=N–C) groups is 1. The number of nitrogens with two attached hydrogens (primary N) is 1. The maximum Gasteiger partial charge on any atom is 0.165 e. The third-order valence-corrected chi connectivity index (χ3v) is 4.58.